The summed E-state index contributed by atoms with van der Waals surface area (Å²) in [4.78, 5) is 57.6. The summed E-state index contributed by atoms with van der Waals surface area (Å²) in [5.74, 6) is -5.62. The predicted octanol–water partition coefficient (Wildman–Crippen LogP) is 4.39. The van der Waals surface area contributed by atoms with E-state index in [9.17, 15) is 43.7 Å². The lowest BCUT2D eigenvalue weighted by Gasteiger charge is -2.21. The summed E-state index contributed by atoms with van der Waals surface area (Å²) in [5, 5.41) is 29.0. The molecule has 0 amide bonds. The van der Waals surface area contributed by atoms with Gasteiger partial charge in [-0.25, -0.2) is 28.2 Å². The van der Waals surface area contributed by atoms with Crippen LogP contribution in [0.5, 0.6) is 0 Å². The minimum absolute atomic E-state index is 0.0332. The number of hydrogen-bond acceptors (Lipinski definition) is 10. The predicted molar refractivity (Wildman–Crippen MR) is 151 cm³/mol. The molecule has 0 saturated heterocycles. The van der Waals surface area contributed by atoms with Crippen LogP contribution in [0.15, 0.2) is 77.7 Å². The summed E-state index contributed by atoms with van der Waals surface area (Å²) in [5.41, 5.74) is 1.75. The SMILES string of the molecule is Cc1ccc(C(=O)OC(C(=O)O)C(OC(=O)c2ccc(C)cc2)C(=O)O)cc1.N=S(=O)(c1ccc([N+](=O)[O-])cc1)C1CC1. The largest absolute Gasteiger partial charge is 0.478 e. The molecule has 226 valence electrons. The van der Waals surface area contributed by atoms with E-state index in [2.05, 4.69) is 0 Å². The average Bonchev–Trinajstić information content (AvgIpc) is 3.82. The second-order valence-electron chi connectivity index (χ2n) is 9.61. The lowest BCUT2D eigenvalue weighted by molar-refractivity contribution is -0.384. The number of carboxylic acids is 2. The van der Waals surface area contributed by atoms with Gasteiger partial charge in [-0.2, -0.15) is 0 Å². The van der Waals surface area contributed by atoms with Crippen LogP contribution in [0.2, 0.25) is 0 Å². The fourth-order valence-electron chi connectivity index (χ4n) is 3.59. The molecule has 3 atom stereocenters. The van der Waals surface area contributed by atoms with Gasteiger partial charge in [0.1, 0.15) is 0 Å². The number of hydrogen-bond donors (Lipinski definition) is 3. The van der Waals surface area contributed by atoms with Crippen molar-refractivity contribution < 1.29 is 48.0 Å². The number of esters is 2. The van der Waals surface area contributed by atoms with Crippen molar-refractivity contribution in [3.63, 3.8) is 0 Å². The second-order valence-corrected chi connectivity index (χ2v) is 12.0. The highest BCUT2D eigenvalue weighted by molar-refractivity contribution is 7.93. The molecule has 0 radical (unpaired) electrons. The number of aliphatic carboxylic acids is 2. The van der Waals surface area contributed by atoms with Crippen LogP contribution in [0.1, 0.15) is 44.7 Å². The molecule has 13 nitrogen and oxygen atoms in total. The maximum Gasteiger partial charge on any atom is 0.349 e. The fourth-order valence-corrected chi connectivity index (χ4v) is 5.32. The Labute approximate surface area is 246 Å². The zero-order valence-corrected chi connectivity index (χ0v) is 23.8. The molecule has 0 aromatic heterocycles. The van der Waals surface area contributed by atoms with Crippen molar-refractivity contribution in [2.75, 3.05) is 0 Å². The molecular formula is C29H28N2O11S. The Morgan fingerprint density at radius 1 is 0.791 bits per heavy atom. The number of carboxylic acid groups (broad SMARTS) is 2. The molecule has 0 heterocycles. The van der Waals surface area contributed by atoms with Crippen LogP contribution in [0.25, 0.3) is 0 Å². The van der Waals surface area contributed by atoms with Gasteiger partial charge in [-0.3, -0.25) is 10.1 Å². The smallest absolute Gasteiger partial charge is 0.349 e. The van der Waals surface area contributed by atoms with Gasteiger partial charge in [0, 0.05) is 22.3 Å². The molecule has 43 heavy (non-hydrogen) atoms. The van der Waals surface area contributed by atoms with Crippen LogP contribution in [0, 0.1) is 28.7 Å². The topological polar surface area (TPSA) is 211 Å². The molecule has 1 fully saturated rings. The average molecular weight is 613 g/mol. The van der Waals surface area contributed by atoms with E-state index in [0.29, 0.717) is 4.90 Å². The molecule has 3 aromatic carbocycles. The van der Waals surface area contributed by atoms with Gasteiger partial charge in [-0.1, -0.05) is 35.4 Å². The van der Waals surface area contributed by atoms with Crippen molar-refractivity contribution in [1.82, 2.24) is 0 Å². The molecule has 0 aliphatic heterocycles. The number of carbonyl (C=O) groups is 4. The molecule has 3 N–H and O–H groups in total. The Kier molecular flexibility index (Phi) is 10.3. The number of carbonyl (C=O) groups excluding carboxylic acids is 2. The maximum absolute atomic E-state index is 12.2. The van der Waals surface area contributed by atoms with Crippen LogP contribution in [0.4, 0.5) is 5.69 Å². The number of nitro groups is 1. The molecule has 1 aliphatic carbocycles. The summed E-state index contributed by atoms with van der Waals surface area (Å²) >= 11 is 0. The van der Waals surface area contributed by atoms with Crippen LogP contribution in [-0.4, -0.2) is 60.7 Å². The van der Waals surface area contributed by atoms with E-state index >= 15 is 0 Å². The summed E-state index contributed by atoms with van der Waals surface area (Å²) in [6, 6.07) is 17.5. The molecule has 14 heteroatoms. The van der Waals surface area contributed by atoms with E-state index in [0.717, 1.165) is 24.0 Å². The Morgan fingerprint density at radius 3 is 1.47 bits per heavy atom. The van der Waals surface area contributed by atoms with Gasteiger partial charge in [-0.05, 0) is 63.1 Å². The first kappa shape index (κ1) is 32.4. The van der Waals surface area contributed by atoms with E-state index < -0.39 is 50.7 Å². The molecule has 1 saturated carbocycles. The highest BCUT2D eigenvalue weighted by Crippen LogP contribution is 2.34. The lowest BCUT2D eigenvalue weighted by atomic mass is 10.1. The highest BCUT2D eigenvalue weighted by Gasteiger charge is 2.41. The van der Waals surface area contributed by atoms with E-state index in [1.165, 1.54) is 48.5 Å². The molecule has 0 spiro atoms. The van der Waals surface area contributed by atoms with Gasteiger partial charge in [0.15, 0.2) is 0 Å². The molecule has 0 bridgehead atoms. The third kappa shape index (κ3) is 8.69. The fraction of sp³-hybridized carbons (Fsp3) is 0.241. The van der Waals surface area contributed by atoms with Gasteiger partial charge in [0.2, 0.25) is 12.2 Å². The van der Waals surface area contributed by atoms with Crippen molar-refractivity contribution in [2.45, 2.75) is 49.0 Å². The zero-order valence-electron chi connectivity index (χ0n) is 23.0. The normalized spacial score (nSPS) is 14.9. The Bertz CT molecular complexity index is 1540. The molecular weight excluding hydrogens is 584 g/mol. The number of non-ortho nitro benzene ring substituents is 1. The summed E-state index contributed by atoms with van der Waals surface area (Å²) in [6.07, 6.45) is -2.81. The molecule has 3 aromatic rings. The molecule has 1 aliphatic rings. The first-order chi connectivity index (χ1) is 20.2. The Hall–Kier alpha value is -5.11. The van der Waals surface area contributed by atoms with E-state index in [-0.39, 0.29) is 22.1 Å². The number of benzene rings is 3. The number of ether oxygens (including phenoxy) is 2. The summed E-state index contributed by atoms with van der Waals surface area (Å²) in [6.45, 7) is 3.58. The number of nitrogens with zero attached hydrogens (tertiary/aromatic N) is 1. The van der Waals surface area contributed by atoms with Gasteiger partial charge >= 0.3 is 23.9 Å². The van der Waals surface area contributed by atoms with E-state index in [1.54, 1.807) is 38.1 Å². The molecule has 3 unspecified atom stereocenters. The minimum Gasteiger partial charge on any atom is -0.478 e. The van der Waals surface area contributed by atoms with Gasteiger partial charge < -0.3 is 19.7 Å². The maximum atomic E-state index is 12.2. The van der Waals surface area contributed by atoms with E-state index in [4.69, 9.17) is 14.3 Å². The standard InChI is InChI=1S/C20H18O8.C9H10N2O3S/c1-11-3-7-13(8-4-11)19(25)27-15(17(21)22)16(18(23)24)28-20(26)14-9-5-12(2)6-10-14;10-15(14,9-5-6-9)8-3-1-7(2-4-8)11(12)13/h3-10,15-16H,1-2H3,(H,21,22)(H,23,24);1-4,9-10H,5-6H2. The van der Waals surface area contributed by atoms with Crippen molar-refractivity contribution in [3.05, 3.63) is 105 Å². The monoisotopic (exact) mass is 612 g/mol. The minimum atomic E-state index is -2.73. The van der Waals surface area contributed by atoms with Crippen molar-refractivity contribution >= 4 is 39.3 Å². The van der Waals surface area contributed by atoms with Crippen LogP contribution in [0.3, 0.4) is 0 Å². The van der Waals surface area contributed by atoms with Crippen molar-refractivity contribution in [3.8, 4) is 0 Å². The van der Waals surface area contributed by atoms with Crippen molar-refractivity contribution in [1.29, 1.82) is 4.78 Å². The van der Waals surface area contributed by atoms with Crippen LogP contribution >= 0.6 is 0 Å². The number of rotatable bonds is 10. The molecule has 4 rings (SSSR count). The van der Waals surface area contributed by atoms with Gasteiger partial charge in [0.05, 0.1) is 25.8 Å². The zero-order chi connectivity index (χ0) is 31.9. The quantitative estimate of drug-likeness (QED) is 0.166. The first-order valence-corrected chi connectivity index (χ1v) is 14.4. The van der Waals surface area contributed by atoms with Gasteiger partial charge in [-0.15, -0.1) is 0 Å². The van der Waals surface area contributed by atoms with Gasteiger partial charge in [0.25, 0.3) is 5.69 Å². The third-order valence-electron chi connectivity index (χ3n) is 6.20. The summed E-state index contributed by atoms with van der Waals surface area (Å²) in [7, 11) is -2.73. The third-order valence-corrected chi connectivity index (χ3v) is 8.58. The van der Waals surface area contributed by atoms with E-state index in [1.807, 2.05) is 0 Å². The Morgan fingerprint density at radius 2 is 1.16 bits per heavy atom. The first-order valence-electron chi connectivity index (χ1n) is 12.7. The van der Waals surface area contributed by atoms with Crippen molar-refractivity contribution in [2.24, 2.45) is 0 Å². The number of nitrogens with one attached hydrogen (secondary N) is 1. The van der Waals surface area contributed by atoms with Crippen LogP contribution < -0.4 is 0 Å². The second kappa shape index (κ2) is 13.7. The number of nitro benzene ring substituents is 1. The lowest BCUT2D eigenvalue weighted by Crippen LogP contribution is -2.45. The van der Waals surface area contributed by atoms with Crippen LogP contribution in [-0.2, 0) is 28.8 Å². The number of aryl methyl sites for hydroxylation is 2. The summed E-state index contributed by atoms with van der Waals surface area (Å²) < 4.78 is 29.3. The Balaban J connectivity index is 0.000000282. The highest BCUT2D eigenvalue weighted by atomic mass is 32.2.